The minimum absolute atomic E-state index is 0. The molecule has 0 fully saturated rings. The molecule has 0 aromatic rings. The van der Waals surface area contributed by atoms with Gasteiger partial charge in [-0.1, -0.05) is 7.43 Å². The Kier molecular flexibility index (Phi) is 2.52. The van der Waals surface area contributed by atoms with Crippen molar-refractivity contribution < 1.29 is 9.59 Å². The van der Waals surface area contributed by atoms with Gasteiger partial charge in [0.25, 0.3) is 0 Å². The highest BCUT2D eigenvalue weighted by Crippen LogP contribution is 2.17. The first-order valence-electron chi connectivity index (χ1n) is 2.87. The van der Waals surface area contributed by atoms with Crippen LogP contribution >= 0.6 is 0 Å². The van der Waals surface area contributed by atoms with Crippen LogP contribution in [0.1, 0.15) is 27.7 Å². The molecular formula is C8H12O2. The molecule has 2 heteroatoms. The lowest BCUT2D eigenvalue weighted by Gasteiger charge is -1.85. The Hall–Kier alpha value is -0.920. The van der Waals surface area contributed by atoms with Gasteiger partial charge in [0.05, 0.1) is 6.42 Å². The van der Waals surface area contributed by atoms with E-state index in [2.05, 4.69) is 0 Å². The minimum atomic E-state index is -0.0162. The van der Waals surface area contributed by atoms with Crippen LogP contribution in [0.2, 0.25) is 0 Å². The third kappa shape index (κ3) is 1.15. The number of carbonyl (C=O) groups is 2. The number of allylic oxidation sites excluding steroid dienone is 2. The molecule has 0 unspecified atom stereocenters. The molecule has 0 amide bonds. The van der Waals surface area contributed by atoms with Crippen LogP contribution in [0, 0.1) is 0 Å². The number of ketones is 2. The first kappa shape index (κ1) is 9.08. The molecule has 0 aromatic carbocycles. The highest BCUT2D eigenvalue weighted by molar-refractivity contribution is 6.21. The van der Waals surface area contributed by atoms with E-state index >= 15 is 0 Å². The number of Topliss-reactive ketones (excluding diaryl/α,β-unsaturated/α-hetero) is 2. The van der Waals surface area contributed by atoms with Gasteiger partial charge in [-0.05, 0) is 25.0 Å². The van der Waals surface area contributed by atoms with E-state index in [4.69, 9.17) is 0 Å². The second kappa shape index (κ2) is 2.78. The average molecular weight is 140 g/mol. The molecule has 0 spiro atoms. The van der Waals surface area contributed by atoms with E-state index in [1.807, 2.05) is 0 Å². The molecule has 1 aliphatic rings. The summed E-state index contributed by atoms with van der Waals surface area (Å²) in [7, 11) is 0. The predicted octanol–water partition coefficient (Wildman–Crippen LogP) is 1.50. The van der Waals surface area contributed by atoms with Gasteiger partial charge in [0.2, 0.25) is 0 Å². The van der Waals surface area contributed by atoms with Gasteiger partial charge >= 0.3 is 0 Å². The largest absolute Gasteiger partial charge is 0.294 e. The summed E-state index contributed by atoms with van der Waals surface area (Å²) in [5.74, 6) is -0.0324. The van der Waals surface area contributed by atoms with Crippen LogP contribution in [0.5, 0.6) is 0 Å². The van der Waals surface area contributed by atoms with Gasteiger partial charge in [-0.3, -0.25) is 9.59 Å². The predicted molar refractivity (Wildman–Crippen MR) is 39.7 cm³/mol. The van der Waals surface area contributed by atoms with Crippen LogP contribution in [-0.4, -0.2) is 11.6 Å². The Morgan fingerprint density at radius 2 is 1.30 bits per heavy atom. The summed E-state index contributed by atoms with van der Waals surface area (Å²) in [5.41, 5.74) is 1.28. The summed E-state index contributed by atoms with van der Waals surface area (Å²) >= 11 is 0. The van der Waals surface area contributed by atoms with Gasteiger partial charge < -0.3 is 0 Å². The number of hydrogen-bond donors (Lipinski definition) is 0. The average Bonchev–Trinajstić information content (AvgIpc) is 1.98. The van der Waals surface area contributed by atoms with Crippen molar-refractivity contribution in [1.29, 1.82) is 0 Å². The van der Waals surface area contributed by atoms with Crippen molar-refractivity contribution in [1.82, 2.24) is 0 Å². The molecular weight excluding hydrogens is 128 g/mol. The van der Waals surface area contributed by atoms with Gasteiger partial charge in [-0.25, -0.2) is 0 Å². The fourth-order valence-corrected chi connectivity index (χ4v) is 0.829. The molecule has 56 valence electrons. The fraction of sp³-hybridized carbons (Fsp3) is 0.500. The SMILES string of the molecule is C.CC1=C(C)C(=O)CC1=O. The van der Waals surface area contributed by atoms with E-state index < -0.39 is 0 Å². The Bertz CT molecular complexity index is 189. The maximum Gasteiger partial charge on any atom is 0.166 e. The van der Waals surface area contributed by atoms with Crippen molar-refractivity contribution in [2.45, 2.75) is 27.7 Å². The van der Waals surface area contributed by atoms with Crippen LogP contribution < -0.4 is 0 Å². The number of rotatable bonds is 0. The first-order valence-corrected chi connectivity index (χ1v) is 2.87. The van der Waals surface area contributed by atoms with Crippen molar-refractivity contribution in [2.75, 3.05) is 0 Å². The molecule has 0 aliphatic heterocycles. The molecule has 1 rings (SSSR count). The lowest BCUT2D eigenvalue weighted by molar-refractivity contribution is -0.121. The highest BCUT2D eigenvalue weighted by Gasteiger charge is 2.23. The second-order valence-electron chi connectivity index (χ2n) is 2.27. The summed E-state index contributed by atoms with van der Waals surface area (Å²) in [6, 6.07) is 0. The molecule has 2 nitrogen and oxygen atoms in total. The van der Waals surface area contributed by atoms with Crippen LogP contribution in [-0.2, 0) is 9.59 Å². The van der Waals surface area contributed by atoms with Gasteiger partial charge in [0.1, 0.15) is 0 Å². The van der Waals surface area contributed by atoms with Crippen molar-refractivity contribution in [3.8, 4) is 0 Å². The van der Waals surface area contributed by atoms with E-state index in [-0.39, 0.29) is 25.4 Å². The van der Waals surface area contributed by atoms with Gasteiger partial charge in [0.15, 0.2) is 11.6 Å². The van der Waals surface area contributed by atoms with Crippen LogP contribution in [0.4, 0.5) is 0 Å². The molecule has 10 heavy (non-hydrogen) atoms. The van der Waals surface area contributed by atoms with Crippen molar-refractivity contribution >= 4 is 11.6 Å². The fourth-order valence-electron chi connectivity index (χ4n) is 0.829. The van der Waals surface area contributed by atoms with Crippen molar-refractivity contribution in [3.05, 3.63) is 11.1 Å². The zero-order valence-electron chi connectivity index (χ0n) is 5.52. The molecule has 0 radical (unpaired) electrons. The van der Waals surface area contributed by atoms with E-state index in [1.165, 1.54) is 0 Å². The maximum absolute atomic E-state index is 10.7. The standard InChI is InChI=1S/C7H8O2.CH4/c1-4-5(2)7(9)3-6(4)8;/h3H2,1-2H3;1H4. The van der Waals surface area contributed by atoms with Crippen LogP contribution in [0.3, 0.4) is 0 Å². The van der Waals surface area contributed by atoms with E-state index in [1.54, 1.807) is 13.8 Å². The molecule has 0 saturated heterocycles. The lowest BCUT2D eigenvalue weighted by atomic mass is 10.2. The summed E-state index contributed by atoms with van der Waals surface area (Å²) in [6.07, 6.45) is 0.0949. The normalized spacial score (nSPS) is 17.8. The zero-order valence-corrected chi connectivity index (χ0v) is 5.52. The van der Waals surface area contributed by atoms with Gasteiger partial charge in [-0.2, -0.15) is 0 Å². The molecule has 0 heterocycles. The monoisotopic (exact) mass is 140 g/mol. The van der Waals surface area contributed by atoms with Gasteiger partial charge in [-0.15, -0.1) is 0 Å². The summed E-state index contributed by atoms with van der Waals surface area (Å²) in [4.78, 5) is 21.4. The molecule has 0 aromatic heterocycles. The zero-order chi connectivity index (χ0) is 7.02. The second-order valence-corrected chi connectivity index (χ2v) is 2.27. The van der Waals surface area contributed by atoms with E-state index in [0.29, 0.717) is 11.1 Å². The summed E-state index contributed by atoms with van der Waals surface area (Å²) < 4.78 is 0. The van der Waals surface area contributed by atoms with Crippen molar-refractivity contribution in [2.24, 2.45) is 0 Å². The molecule has 0 bridgehead atoms. The topological polar surface area (TPSA) is 34.1 Å². The third-order valence-electron chi connectivity index (χ3n) is 1.72. The van der Waals surface area contributed by atoms with Crippen LogP contribution in [0.15, 0.2) is 11.1 Å². The summed E-state index contributed by atoms with van der Waals surface area (Å²) in [5, 5.41) is 0. The Morgan fingerprint density at radius 3 is 1.40 bits per heavy atom. The molecule has 1 aliphatic carbocycles. The van der Waals surface area contributed by atoms with Gasteiger partial charge in [0, 0.05) is 0 Å². The molecule has 0 atom stereocenters. The Balaban J connectivity index is 0.000000810. The molecule has 0 N–H and O–H groups in total. The number of carbonyl (C=O) groups excluding carboxylic acids is 2. The van der Waals surface area contributed by atoms with Crippen molar-refractivity contribution in [3.63, 3.8) is 0 Å². The van der Waals surface area contributed by atoms with Crippen LogP contribution in [0.25, 0.3) is 0 Å². The van der Waals surface area contributed by atoms with E-state index in [0.717, 1.165) is 0 Å². The Labute approximate surface area is 60.9 Å². The Morgan fingerprint density at radius 1 is 1.00 bits per heavy atom. The van der Waals surface area contributed by atoms with E-state index in [9.17, 15) is 9.59 Å². The highest BCUT2D eigenvalue weighted by atomic mass is 16.2. The third-order valence-corrected chi connectivity index (χ3v) is 1.72. The minimum Gasteiger partial charge on any atom is -0.294 e. The lowest BCUT2D eigenvalue weighted by Crippen LogP contribution is -1.94. The quantitative estimate of drug-likeness (QED) is 0.478. The summed E-state index contributed by atoms with van der Waals surface area (Å²) in [6.45, 7) is 3.39. The first-order chi connectivity index (χ1) is 4.13. The smallest absolute Gasteiger partial charge is 0.166 e. The maximum atomic E-state index is 10.7. The number of hydrogen-bond acceptors (Lipinski definition) is 2. The molecule has 0 saturated carbocycles.